The van der Waals surface area contributed by atoms with E-state index in [1.54, 1.807) is 28.6 Å². The van der Waals surface area contributed by atoms with E-state index in [0.29, 0.717) is 0 Å². The van der Waals surface area contributed by atoms with Gasteiger partial charge >= 0.3 is 136 Å². The van der Waals surface area contributed by atoms with Gasteiger partial charge in [-0.15, -0.1) is 0 Å². The first-order chi connectivity index (χ1) is 8.76. The molecule has 0 fully saturated rings. The summed E-state index contributed by atoms with van der Waals surface area (Å²) in [5.41, 5.74) is 0. The van der Waals surface area contributed by atoms with Gasteiger partial charge in [-0.3, -0.25) is 0 Å². The van der Waals surface area contributed by atoms with Gasteiger partial charge in [-0.2, -0.15) is 0 Å². The van der Waals surface area contributed by atoms with Crippen molar-refractivity contribution >= 4 is 40.9 Å². The van der Waals surface area contributed by atoms with Gasteiger partial charge in [-0.05, 0) is 0 Å². The number of unbranched alkanes of at least 4 members (excludes halogenated alkanes) is 5. The molecule has 0 nitrogen and oxygen atoms in total. The maximum atomic E-state index is 2.36. The van der Waals surface area contributed by atoms with Crippen molar-refractivity contribution in [3.63, 3.8) is 0 Å². The predicted molar refractivity (Wildman–Crippen MR) is 93.0 cm³/mol. The Morgan fingerprint density at radius 2 is 1.17 bits per heavy atom. The maximum absolute atomic E-state index is 2.36. The topological polar surface area (TPSA) is 0 Å². The molecule has 0 bridgehead atoms. The summed E-state index contributed by atoms with van der Waals surface area (Å²) in [5.74, 6) is 0. The molecular formula is C16H38Sn2. The second-order valence-corrected chi connectivity index (χ2v) is 21.0. The van der Waals surface area contributed by atoms with Crippen molar-refractivity contribution in [1.29, 1.82) is 0 Å². The fourth-order valence-corrected chi connectivity index (χ4v) is 9.12. The summed E-state index contributed by atoms with van der Waals surface area (Å²) < 4.78 is 7.86. The van der Waals surface area contributed by atoms with Crippen molar-refractivity contribution in [2.75, 3.05) is 0 Å². The normalized spacial score (nSPS) is 10.3. The van der Waals surface area contributed by atoms with E-state index in [2.05, 4.69) is 34.6 Å². The van der Waals surface area contributed by atoms with Gasteiger partial charge in [0.25, 0.3) is 0 Å². The molecule has 0 rings (SSSR count). The van der Waals surface area contributed by atoms with Gasteiger partial charge in [0.15, 0.2) is 0 Å². The summed E-state index contributed by atoms with van der Waals surface area (Å²) in [6.45, 7) is 11.7. The predicted octanol–water partition coefficient (Wildman–Crippen LogP) is 6.18. The monoisotopic (exact) mass is 470 g/mol. The minimum atomic E-state index is -0.653. The van der Waals surface area contributed by atoms with E-state index in [9.17, 15) is 0 Å². The van der Waals surface area contributed by atoms with Gasteiger partial charge in [-0.25, -0.2) is 0 Å². The molecule has 110 valence electrons. The van der Waals surface area contributed by atoms with Crippen molar-refractivity contribution in [3.8, 4) is 0 Å². The van der Waals surface area contributed by atoms with Gasteiger partial charge in [0, 0.05) is 0 Å². The van der Waals surface area contributed by atoms with Gasteiger partial charge in [0.1, 0.15) is 0 Å². The zero-order valence-electron chi connectivity index (χ0n) is 13.9. The van der Waals surface area contributed by atoms with Crippen LogP contribution >= 0.6 is 0 Å². The van der Waals surface area contributed by atoms with Crippen molar-refractivity contribution in [2.24, 2.45) is 0 Å². The zero-order chi connectivity index (χ0) is 14.1. The molecule has 0 spiro atoms. The number of hydrogen-bond donors (Lipinski definition) is 0. The molecule has 0 atom stereocenters. The molecule has 0 aromatic heterocycles. The second-order valence-electron chi connectivity index (χ2n) is 5.06. The summed E-state index contributed by atoms with van der Waals surface area (Å²) >= 11 is -0.659. The average Bonchev–Trinajstić information content (AvgIpc) is 2.41. The van der Waals surface area contributed by atoms with E-state index >= 15 is 0 Å². The zero-order valence-corrected chi connectivity index (χ0v) is 20.0. The molecule has 0 saturated carbocycles. The summed E-state index contributed by atoms with van der Waals surface area (Å²) in [5, 5.41) is 0. The van der Waals surface area contributed by atoms with Gasteiger partial charge in [-0.1, -0.05) is 0 Å². The molecule has 0 aliphatic heterocycles. The fraction of sp³-hybridized carbons (Fsp3) is 1.00. The van der Waals surface area contributed by atoms with Crippen LogP contribution in [0.4, 0.5) is 0 Å². The van der Waals surface area contributed by atoms with Crippen LogP contribution < -0.4 is 0 Å². The van der Waals surface area contributed by atoms with Crippen LogP contribution in [0, 0.1) is 0 Å². The van der Waals surface area contributed by atoms with Crippen LogP contribution in [0.15, 0.2) is 0 Å². The third-order valence-electron chi connectivity index (χ3n) is 3.55. The summed E-state index contributed by atoms with van der Waals surface area (Å²) in [7, 11) is 0. The van der Waals surface area contributed by atoms with E-state index in [-0.39, 0.29) is 21.1 Å². The van der Waals surface area contributed by atoms with Crippen molar-refractivity contribution in [3.05, 3.63) is 0 Å². The molecule has 0 aliphatic carbocycles. The average molecular weight is 468 g/mol. The summed E-state index contributed by atoms with van der Waals surface area (Å²) in [6, 6.07) is 0. The third kappa shape index (κ3) is 19.9. The number of hydrogen-bond acceptors (Lipinski definition) is 0. The van der Waals surface area contributed by atoms with Crippen LogP contribution in [0.2, 0.25) is 22.2 Å². The van der Waals surface area contributed by atoms with Gasteiger partial charge < -0.3 is 0 Å². The first-order valence-corrected chi connectivity index (χ1v) is 19.1. The second kappa shape index (κ2) is 20.9. The standard InChI is InChI=1S/C8H17.4C2H5.2Sn.H/c1-3-5-7-8-6-4-2;4*1-2;;;/h1,3-8H2,2H3;4*1H2,2H3;;;. The van der Waals surface area contributed by atoms with Gasteiger partial charge in [0.05, 0.1) is 0 Å². The quantitative estimate of drug-likeness (QED) is 0.251. The Bertz CT molecular complexity index is 109. The molecule has 0 aromatic rings. The Morgan fingerprint density at radius 3 is 1.56 bits per heavy atom. The van der Waals surface area contributed by atoms with E-state index < -0.39 is 19.8 Å². The van der Waals surface area contributed by atoms with E-state index in [0.717, 1.165) is 0 Å². The molecule has 0 N–H and O–H groups in total. The van der Waals surface area contributed by atoms with Crippen molar-refractivity contribution in [1.82, 2.24) is 0 Å². The van der Waals surface area contributed by atoms with E-state index in [1.807, 2.05) is 0 Å². The SMILES string of the molecule is CCCCCCC[CH2][SnH][CH2]C.C[CH2][Sn]([CH2]C)[CH2]C. The van der Waals surface area contributed by atoms with Gasteiger partial charge in [0.2, 0.25) is 0 Å². The summed E-state index contributed by atoms with van der Waals surface area (Å²) in [4.78, 5) is 0. The van der Waals surface area contributed by atoms with Crippen molar-refractivity contribution < 1.29 is 0 Å². The van der Waals surface area contributed by atoms with Crippen LogP contribution in [0.5, 0.6) is 0 Å². The molecule has 18 heavy (non-hydrogen) atoms. The van der Waals surface area contributed by atoms with Crippen LogP contribution in [0.1, 0.15) is 73.1 Å². The van der Waals surface area contributed by atoms with Crippen LogP contribution in [0.25, 0.3) is 0 Å². The Labute approximate surface area is 135 Å². The van der Waals surface area contributed by atoms with E-state index in [1.165, 1.54) is 32.1 Å². The molecule has 0 aromatic carbocycles. The Balaban J connectivity index is 0. The molecule has 0 unspecified atom stereocenters. The first-order valence-electron chi connectivity index (χ1n) is 8.41. The molecule has 2 radical (unpaired) electrons. The van der Waals surface area contributed by atoms with Crippen LogP contribution in [-0.4, -0.2) is 40.9 Å². The van der Waals surface area contributed by atoms with Crippen molar-refractivity contribution in [2.45, 2.75) is 95.3 Å². The Hall–Kier alpha value is 1.60. The number of rotatable bonds is 11. The van der Waals surface area contributed by atoms with E-state index in [4.69, 9.17) is 0 Å². The minimum absolute atomic E-state index is 0.00640. The summed E-state index contributed by atoms with van der Waals surface area (Å²) in [6.07, 6.45) is 8.89. The molecular weight excluding hydrogens is 430 g/mol. The fourth-order valence-electron chi connectivity index (χ4n) is 2.02. The Kier molecular flexibility index (Phi) is 25.4. The first kappa shape index (κ1) is 21.9. The Morgan fingerprint density at radius 1 is 0.667 bits per heavy atom. The van der Waals surface area contributed by atoms with Crippen LogP contribution in [-0.2, 0) is 0 Å². The molecule has 2 heteroatoms. The molecule has 0 saturated heterocycles. The van der Waals surface area contributed by atoms with Crippen LogP contribution in [0.3, 0.4) is 0 Å². The third-order valence-corrected chi connectivity index (χ3v) is 16.1. The molecule has 0 amide bonds. The molecule has 0 aliphatic rings. The molecule has 0 heterocycles.